The van der Waals surface area contributed by atoms with E-state index in [1.54, 1.807) is 0 Å². The van der Waals surface area contributed by atoms with Crippen LogP contribution in [0.25, 0.3) is 0 Å². The molecule has 0 bridgehead atoms. The van der Waals surface area contributed by atoms with Gasteiger partial charge in [0.2, 0.25) is 0 Å². The molecule has 0 radical (unpaired) electrons. The minimum Gasteiger partial charge on any atom is -0.481 e. The number of rotatable bonds is 13. The summed E-state index contributed by atoms with van der Waals surface area (Å²) in [5, 5.41) is 24.8. The highest BCUT2D eigenvalue weighted by atomic mass is 16.4. The molecule has 6 nitrogen and oxygen atoms in total. The summed E-state index contributed by atoms with van der Waals surface area (Å²) in [6, 6.07) is 0. The number of carboxylic acid groups (broad SMARTS) is 3. The molecule has 0 aliphatic heterocycles. The van der Waals surface area contributed by atoms with E-state index < -0.39 is 17.9 Å². The molecule has 0 heterocycles. The van der Waals surface area contributed by atoms with E-state index in [9.17, 15) is 14.4 Å². The molecule has 0 aromatic heterocycles. The highest BCUT2D eigenvalue weighted by Gasteiger charge is 2.11. The van der Waals surface area contributed by atoms with Crippen LogP contribution < -0.4 is 0 Å². The Morgan fingerprint density at radius 1 is 0.893 bits per heavy atom. The predicted molar refractivity (Wildman–Crippen MR) is 113 cm³/mol. The summed E-state index contributed by atoms with van der Waals surface area (Å²) in [5.41, 5.74) is 0.666. The number of aliphatic carboxylic acids is 3. The predicted octanol–water partition coefficient (Wildman–Crippen LogP) is 5.70. The van der Waals surface area contributed by atoms with E-state index in [0.717, 1.165) is 25.7 Å². The van der Waals surface area contributed by atoms with Crippen molar-refractivity contribution in [2.45, 2.75) is 78.6 Å². The van der Waals surface area contributed by atoms with Gasteiger partial charge in [-0.25, -0.2) is 9.59 Å². The Kier molecular flexibility index (Phi) is 22.7. The number of hydrogen-bond donors (Lipinski definition) is 3. The van der Waals surface area contributed by atoms with Gasteiger partial charge in [0.1, 0.15) is 0 Å². The molecule has 3 N–H and O–H groups in total. The van der Waals surface area contributed by atoms with Crippen LogP contribution in [0.4, 0.5) is 0 Å². The minimum absolute atomic E-state index is 0.0556. The zero-order valence-electron chi connectivity index (χ0n) is 17.7. The first-order chi connectivity index (χ1) is 13.1. The molecule has 0 saturated heterocycles. The summed E-state index contributed by atoms with van der Waals surface area (Å²) in [4.78, 5) is 30.2. The number of carbonyl (C=O) groups is 3. The van der Waals surface area contributed by atoms with Crippen LogP contribution in [-0.4, -0.2) is 33.2 Å². The summed E-state index contributed by atoms with van der Waals surface area (Å²) >= 11 is 0. The maximum absolute atomic E-state index is 10.5. The van der Waals surface area contributed by atoms with Gasteiger partial charge >= 0.3 is 17.9 Å². The third-order valence-corrected chi connectivity index (χ3v) is 3.83. The van der Waals surface area contributed by atoms with E-state index in [2.05, 4.69) is 33.6 Å². The highest BCUT2D eigenvalue weighted by molar-refractivity contribution is 5.86. The zero-order valence-corrected chi connectivity index (χ0v) is 17.7. The number of hydrogen-bond acceptors (Lipinski definition) is 3. The topological polar surface area (TPSA) is 112 Å². The van der Waals surface area contributed by atoms with Gasteiger partial charge in [0.15, 0.2) is 0 Å². The first-order valence-electron chi connectivity index (χ1n) is 9.71. The Bertz CT molecular complexity index is 493. The summed E-state index contributed by atoms with van der Waals surface area (Å²) in [5.74, 6) is -2.05. The standard InChI is InChI=1S/C11H20O2.C7H12O2.C4H6O2/c1-4-6-7-10(5-2)8-9(3)11(12)13;1-3-4-5-6(2)7(8)9;1-2-3-4(5)6/h10H,3-8H2,1-2H3,(H,12,13);2-5H2,1H3,(H,8,9);2H,1,3H2,(H,5,6). The van der Waals surface area contributed by atoms with Gasteiger partial charge in [-0.2, -0.15) is 0 Å². The van der Waals surface area contributed by atoms with Gasteiger partial charge in [0.05, 0.1) is 6.42 Å². The van der Waals surface area contributed by atoms with E-state index in [4.69, 9.17) is 15.3 Å². The molecule has 1 unspecified atom stereocenters. The Hall–Kier alpha value is -2.37. The van der Waals surface area contributed by atoms with Gasteiger partial charge in [-0.3, -0.25) is 4.79 Å². The largest absolute Gasteiger partial charge is 0.481 e. The van der Waals surface area contributed by atoms with E-state index in [-0.39, 0.29) is 6.42 Å². The summed E-state index contributed by atoms with van der Waals surface area (Å²) in [6.45, 7) is 16.4. The lowest BCUT2D eigenvalue weighted by Gasteiger charge is -2.13. The van der Waals surface area contributed by atoms with Crippen molar-refractivity contribution in [2.75, 3.05) is 0 Å². The molecule has 0 aliphatic rings. The lowest BCUT2D eigenvalue weighted by atomic mass is 9.92. The number of carboxylic acids is 3. The first-order valence-corrected chi connectivity index (χ1v) is 9.71. The SMILES string of the molecule is C=C(CC(CC)CCCC)C(=O)O.C=C(CCCC)C(=O)O.C=CCC(=O)O. The van der Waals surface area contributed by atoms with Crippen LogP contribution in [-0.2, 0) is 14.4 Å². The van der Waals surface area contributed by atoms with Crippen molar-refractivity contribution in [1.82, 2.24) is 0 Å². The van der Waals surface area contributed by atoms with E-state index in [1.807, 2.05) is 6.92 Å². The maximum Gasteiger partial charge on any atom is 0.330 e. The fraction of sp³-hybridized carbons (Fsp3) is 0.591. The molecule has 0 aromatic carbocycles. The fourth-order valence-electron chi connectivity index (χ4n) is 2.00. The minimum atomic E-state index is -0.872. The monoisotopic (exact) mass is 398 g/mol. The van der Waals surface area contributed by atoms with Crippen molar-refractivity contribution in [3.8, 4) is 0 Å². The highest BCUT2D eigenvalue weighted by Crippen LogP contribution is 2.20. The Balaban J connectivity index is -0.000000362. The van der Waals surface area contributed by atoms with E-state index in [1.165, 1.54) is 18.9 Å². The fourth-order valence-corrected chi connectivity index (χ4v) is 2.00. The van der Waals surface area contributed by atoms with Gasteiger partial charge in [-0.05, 0) is 25.2 Å². The van der Waals surface area contributed by atoms with Crippen LogP contribution in [0.3, 0.4) is 0 Å². The third-order valence-electron chi connectivity index (χ3n) is 3.83. The van der Waals surface area contributed by atoms with Gasteiger partial charge < -0.3 is 15.3 Å². The van der Waals surface area contributed by atoms with Crippen molar-refractivity contribution in [3.63, 3.8) is 0 Å². The molecule has 28 heavy (non-hydrogen) atoms. The molecular formula is C22H38O6. The smallest absolute Gasteiger partial charge is 0.330 e. The van der Waals surface area contributed by atoms with Gasteiger partial charge in [-0.1, -0.05) is 72.1 Å². The first kappa shape index (κ1) is 30.4. The number of unbranched alkanes of at least 4 members (excludes halogenated alkanes) is 2. The molecule has 0 amide bonds. The van der Waals surface area contributed by atoms with Crippen LogP contribution in [0.1, 0.15) is 78.6 Å². The summed E-state index contributed by atoms with van der Waals surface area (Å²) < 4.78 is 0. The second kappa shape index (κ2) is 20.9. The Morgan fingerprint density at radius 3 is 1.68 bits per heavy atom. The van der Waals surface area contributed by atoms with E-state index >= 15 is 0 Å². The van der Waals surface area contributed by atoms with Crippen molar-refractivity contribution in [2.24, 2.45) is 5.92 Å². The average molecular weight is 399 g/mol. The van der Waals surface area contributed by atoms with Crippen LogP contribution in [0, 0.1) is 5.92 Å². The lowest BCUT2D eigenvalue weighted by Crippen LogP contribution is -2.06. The zero-order chi connectivity index (χ0) is 22.5. The van der Waals surface area contributed by atoms with Crippen molar-refractivity contribution >= 4 is 17.9 Å². The molecule has 0 aliphatic carbocycles. The van der Waals surface area contributed by atoms with Crippen LogP contribution in [0.5, 0.6) is 0 Å². The molecule has 6 heteroatoms. The molecule has 1 atom stereocenters. The van der Waals surface area contributed by atoms with Crippen LogP contribution in [0.2, 0.25) is 0 Å². The summed E-state index contributed by atoms with van der Waals surface area (Å²) in [6.07, 6.45) is 9.14. The molecule has 162 valence electrons. The van der Waals surface area contributed by atoms with E-state index in [0.29, 0.717) is 29.9 Å². The lowest BCUT2D eigenvalue weighted by molar-refractivity contribution is -0.136. The van der Waals surface area contributed by atoms with Gasteiger partial charge in [0, 0.05) is 11.1 Å². The normalized spacial score (nSPS) is 10.2. The molecule has 0 fully saturated rings. The Labute approximate surface area is 169 Å². The second-order valence-electron chi connectivity index (χ2n) is 6.43. The average Bonchev–Trinajstić information content (AvgIpc) is 2.63. The van der Waals surface area contributed by atoms with Crippen LogP contribution >= 0.6 is 0 Å². The van der Waals surface area contributed by atoms with Crippen molar-refractivity contribution in [3.05, 3.63) is 37.0 Å². The molecular weight excluding hydrogens is 360 g/mol. The van der Waals surface area contributed by atoms with Crippen molar-refractivity contribution in [1.29, 1.82) is 0 Å². The maximum atomic E-state index is 10.5. The quantitative estimate of drug-likeness (QED) is 0.271. The second-order valence-corrected chi connectivity index (χ2v) is 6.43. The van der Waals surface area contributed by atoms with Crippen LogP contribution in [0.15, 0.2) is 37.0 Å². The Morgan fingerprint density at radius 2 is 1.39 bits per heavy atom. The van der Waals surface area contributed by atoms with Crippen molar-refractivity contribution < 1.29 is 29.7 Å². The van der Waals surface area contributed by atoms with Gasteiger partial charge in [-0.15, -0.1) is 6.58 Å². The van der Waals surface area contributed by atoms with Gasteiger partial charge in [0.25, 0.3) is 0 Å². The third kappa shape index (κ3) is 23.6. The molecule has 0 aromatic rings. The molecule has 0 rings (SSSR count). The summed E-state index contributed by atoms with van der Waals surface area (Å²) in [7, 11) is 0. The molecule has 0 saturated carbocycles. The molecule has 0 spiro atoms.